The fraction of sp³-hybridized carbons (Fsp3) is 0.778. The van der Waals surface area contributed by atoms with Gasteiger partial charge in [-0.1, -0.05) is 11.3 Å². The highest BCUT2D eigenvalue weighted by Gasteiger charge is 2.31. The molecule has 0 amide bonds. The summed E-state index contributed by atoms with van der Waals surface area (Å²) in [6.45, 7) is 4.56. The maximum absolute atomic E-state index is 4.15. The molecule has 3 rings (SSSR count). The Morgan fingerprint density at radius 1 is 1.13 bits per heavy atom. The SMILES string of the molecule is Brc1nnc(N2CCN(C3CC3)CC2)s1. The molecule has 1 aliphatic heterocycles. The molecular formula is C9H13BrN4S. The number of aromatic nitrogens is 2. The fourth-order valence-corrected chi connectivity index (χ4v) is 3.18. The van der Waals surface area contributed by atoms with Gasteiger partial charge in [-0.25, -0.2) is 0 Å². The van der Waals surface area contributed by atoms with Crippen LogP contribution in [0.2, 0.25) is 0 Å². The minimum absolute atomic E-state index is 0.877. The van der Waals surface area contributed by atoms with E-state index in [4.69, 9.17) is 0 Å². The van der Waals surface area contributed by atoms with Gasteiger partial charge in [-0.05, 0) is 28.8 Å². The number of nitrogens with zero attached hydrogens (tertiary/aromatic N) is 4. The van der Waals surface area contributed by atoms with Gasteiger partial charge < -0.3 is 4.90 Å². The van der Waals surface area contributed by atoms with Crippen molar-refractivity contribution in [2.75, 3.05) is 31.1 Å². The zero-order valence-corrected chi connectivity index (χ0v) is 10.8. The van der Waals surface area contributed by atoms with Gasteiger partial charge >= 0.3 is 0 Å². The molecule has 2 heterocycles. The molecule has 2 aliphatic rings. The van der Waals surface area contributed by atoms with Crippen LogP contribution in [0.25, 0.3) is 0 Å². The van der Waals surface area contributed by atoms with Crippen molar-refractivity contribution in [2.24, 2.45) is 0 Å². The lowest BCUT2D eigenvalue weighted by atomic mass is 10.3. The summed E-state index contributed by atoms with van der Waals surface area (Å²) in [4.78, 5) is 4.94. The van der Waals surface area contributed by atoms with Gasteiger partial charge in [0.2, 0.25) is 5.13 Å². The van der Waals surface area contributed by atoms with Crippen LogP contribution in [-0.4, -0.2) is 47.3 Å². The highest BCUT2D eigenvalue weighted by atomic mass is 79.9. The van der Waals surface area contributed by atoms with E-state index in [9.17, 15) is 0 Å². The highest BCUT2D eigenvalue weighted by Crippen LogP contribution is 2.29. The van der Waals surface area contributed by atoms with Gasteiger partial charge in [0.25, 0.3) is 0 Å². The number of hydrogen-bond acceptors (Lipinski definition) is 5. The van der Waals surface area contributed by atoms with E-state index in [0.717, 1.165) is 28.2 Å². The quantitative estimate of drug-likeness (QED) is 0.827. The van der Waals surface area contributed by atoms with E-state index in [1.807, 2.05) is 0 Å². The summed E-state index contributed by atoms with van der Waals surface area (Å²) in [7, 11) is 0. The molecule has 6 heteroatoms. The second-order valence-corrected chi connectivity index (χ2v) is 6.32. The predicted molar refractivity (Wildman–Crippen MR) is 64.4 cm³/mol. The van der Waals surface area contributed by atoms with Crippen LogP contribution in [0, 0.1) is 0 Å². The summed E-state index contributed by atoms with van der Waals surface area (Å²) in [5, 5.41) is 9.20. The second kappa shape index (κ2) is 3.99. The van der Waals surface area contributed by atoms with Crippen LogP contribution in [0.15, 0.2) is 3.92 Å². The molecular weight excluding hydrogens is 276 g/mol. The molecule has 0 spiro atoms. The third kappa shape index (κ3) is 2.16. The Kier molecular flexibility index (Phi) is 2.66. The molecule has 1 saturated carbocycles. The van der Waals surface area contributed by atoms with Crippen LogP contribution in [0.4, 0.5) is 5.13 Å². The van der Waals surface area contributed by atoms with Crippen molar-refractivity contribution >= 4 is 32.4 Å². The molecule has 0 unspecified atom stereocenters. The molecule has 15 heavy (non-hydrogen) atoms. The van der Waals surface area contributed by atoms with Crippen molar-refractivity contribution in [3.8, 4) is 0 Å². The van der Waals surface area contributed by atoms with Gasteiger partial charge in [0.1, 0.15) is 0 Å². The lowest BCUT2D eigenvalue weighted by Crippen LogP contribution is -2.47. The molecule has 1 aromatic heterocycles. The molecule has 0 atom stereocenters. The standard InChI is InChI=1S/C9H13BrN4S/c10-8-11-12-9(15-8)14-5-3-13(4-6-14)7-1-2-7/h7H,1-6H2. The Morgan fingerprint density at radius 2 is 1.87 bits per heavy atom. The minimum Gasteiger partial charge on any atom is -0.344 e. The first-order valence-electron chi connectivity index (χ1n) is 5.31. The Labute approximate surface area is 101 Å². The molecule has 0 bridgehead atoms. The summed E-state index contributed by atoms with van der Waals surface area (Å²) < 4.78 is 0.877. The van der Waals surface area contributed by atoms with Gasteiger partial charge in [-0.2, -0.15) is 0 Å². The number of halogens is 1. The Balaban J connectivity index is 1.61. The van der Waals surface area contributed by atoms with E-state index < -0.39 is 0 Å². The van der Waals surface area contributed by atoms with Gasteiger partial charge in [-0.3, -0.25) is 4.90 Å². The maximum atomic E-state index is 4.15. The maximum Gasteiger partial charge on any atom is 0.209 e. The van der Waals surface area contributed by atoms with Crippen molar-refractivity contribution in [3.63, 3.8) is 0 Å². The van der Waals surface area contributed by atoms with E-state index in [-0.39, 0.29) is 0 Å². The van der Waals surface area contributed by atoms with Crippen LogP contribution in [0.1, 0.15) is 12.8 Å². The van der Waals surface area contributed by atoms with E-state index >= 15 is 0 Å². The summed E-state index contributed by atoms with van der Waals surface area (Å²) in [6, 6.07) is 0.897. The molecule has 1 saturated heterocycles. The van der Waals surface area contributed by atoms with Crippen LogP contribution in [0.3, 0.4) is 0 Å². The van der Waals surface area contributed by atoms with E-state index in [1.165, 1.54) is 25.9 Å². The first kappa shape index (κ1) is 9.99. The molecule has 4 nitrogen and oxygen atoms in total. The zero-order chi connectivity index (χ0) is 10.3. The average molecular weight is 289 g/mol. The third-order valence-electron chi connectivity index (χ3n) is 3.04. The van der Waals surface area contributed by atoms with Crippen LogP contribution in [-0.2, 0) is 0 Å². The van der Waals surface area contributed by atoms with Crippen molar-refractivity contribution in [2.45, 2.75) is 18.9 Å². The molecule has 1 aromatic rings. The Bertz CT molecular complexity index is 344. The molecule has 1 aliphatic carbocycles. The molecule has 0 N–H and O–H groups in total. The Hall–Kier alpha value is -0.200. The van der Waals surface area contributed by atoms with Crippen molar-refractivity contribution in [3.05, 3.63) is 3.92 Å². The highest BCUT2D eigenvalue weighted by molar-refractivity contribution is 9.11. The van der Waals surface area contributed by atoms with E-state index in [2.05, 4.69) is 35.9 Å². The Morgan fingerprint density at radius 3 is 2.40 bits per heavy atom. The van der Waals surface area contributed by atoms with E-state index in [0.29, 0.717) is 0 Å². The third-order valence-corrected chi connectivity index (χ3v) is 4.45. The smallest absolute Gasteiger partial charge is 0.209 e. The summed E-state index contributed by atoms with van der Waals surface area (Å²) >= 11 is 4.97. The number of rotatable bonds is 2. The monoisotopic (exact) mass is 288 g/mol. The number of anilines is 1. The summed E-state index contributed by atoms with van der Waals surface area (Å²) in [6.07, 6.45) is 2.81. The van der Waals surface area contributed by atoms with E-state index in [1.54, 1.807) is 11.3 Å². The summed E-state index contributed by atoms with van der Waals surface area (Å²) in [5.41, 5.74) is 0. The number of piperazine rings is 1. The zero-order valence-electron chi connectivity index (χ0n) is 8.40. The van der Waals surface area contributed by atoms with Gasteiger partial charge in [0.15, 0.2) is 3.92 Å². The number of hydrogen-bond donors (Lipinski definition) is 0. The molecule has 0 radical (unpaired) electrons. The van der Waals surface area contributed by atoms with Gasteiger partial charge in [-0.15, -0.1) is 10.2 Å². The van der Waals surface area contributed by atoms with Crippen molar-refractivity contribution < 1.29 is 0 Å². The molecule has 0 aromatic carbocycles. The topological polar surface area (TPSA) is 32.3 Å². The van der Waals surface area contributed by atoms with Crippen LogP contribution in [0.5, 0.6) is 0 Å². The second-order valence-electron chi connectivity index (χ2n) is 4.09. The van der Waals surface area contributed by atoms with Crippen molar-refractivity contribution in [1.82, 2.24) is 15.1 Å². The van der Waals surface area contributed by atoms with Crippen molar-refractivity contribution in [1.29, 1.82) is 0 Å². The average Bonchev–Trinajstić information content (AvgIpc) is 3.02. The predicted octanol–water partition coefficient (Wildman–Crippen LogP) is 1.58. The van der Waals surface area contributed by atoms with Crippen LogP contribution < -0.4 is 4.90 Å². The van der Waals surface area contributed by atoms with Crippen LogP contribution >= 0.6 is 27.3 Å². The van der Waals surface area contributed by atoms with Gasteiger partial charge in [0, 0.05) is 32.2 Å². The lowest BCUT2D eigenvalue weighted by Gasteiger charge is -2.34. The normalized spacial score (nSPS) is 23.4. The van der Waals surface area contributed by atoms with Gasteiger partial charge in [0.05, 0.1) is 0 Å². The summed E-state index contributed by atoms with van der Waals surface area (Å²) in [5.74, 6) is 0. The first-order valence-corrected chi connectivity index (χ1v) is 6.92. The molecule has 82 valence electrons. The molecule has 2 fully saturated rings. The first-order chi connectivity index (χ1) is 7.33. The minimum atomic E-state index is 0.877. The largest absolute Gasteiger partial charge is 0.344 e. The lowest BCUT2D eigenvalue weighted by molar-refractivity contribution is 0.248. The fourth-order valence-electron chi connectivity index (χ4n) is 2.04.